The van der Waals surface area contributed by atoms with Crippen molar-refractivity contribution in [2.75, 3.05) is 26.9 Å². The predicted molar refractivity (Wildman–Crippen MR) is 44.2 cm³/mol. The highest BCUT2D eigenvalue weighted by Gasteiger charge is 2.54. The summed E-state index contributed by atoms with van der Waals surface area (Å²) < 4.78 is 15.3. The van der Waals surface area contributed by atoms with E-state index in [1.165, 1.54) is 7.11 Å². The van der Waals surface area contributed by atoms with Crippen LogP contribution in [0.4, 0.5) is 0 Å². The average molecular weight is 186 g/mol. The highest BCUT2D eigenvalue weighted by Crippen LogP contribution is 2.42. The van der Waals surface area contributed by atoms with Gasteiger partial charge in [-0.05, 0) is 12.8 Å². The van der Waals surface area contributed by atoms with E-state index in [2.05, 4.69) is 0 Å². The normalized spacial score (nSPS) is 31.0. The van der Waals surface area contributed by atoms with Gasteiger partial charge in [-0.2, -0.15) is 0 Å². The minimum absolute atomic E-state index is 0.0730. The number of hydrogen-bond acceptors (Lipinski definition) is 4. The summed E-state index contributed by atoms with van der Waals surface area (Å²) in [5, 5.41) is 0. The standard InChI is InChI=1S/C9H14O4/c1-11-8(10)9(7-6-13-7)2-4-12-5-3-9/h7H,2-6H2,1H3. The van der Waals surface area contributed by atoms with Crippen molar-refractivity contribution in [2.45, 2.75) is 18.9 Å². The van der Waals surface area contributed by atoms with Gasteiger partial charge in [0.1, 0.15) is 5.41 Å². The molecule has 74 valence electrons. The molecular weight excluding hydrogens is 172 g/mol. The number of hydrogen-bond donors (Lipinski definition) is 0. The monoisotopic (exact) mass is 186 g/mol. The van der Waals surface area contributed by atoms with Gasteiger partial charge in [0.05, 0.1) is 19.8 Å². The van der Waals surface area contributed by atoms with Crippen LogP contribution in [0.3, 0.4) is 0 Å². The maximum Gasteiger partial charge on any atom is 0.314 e. The van der Waals surface area contributed by atoms with Crippen molar-refractivity contribution in [1.82, 2.24) is 0 Å². The van der Waals surface area contributed by atoms with Gasteiger partial charge in [0.25, 0.3) is 0 Å². The number of methoxy groups -OCH3 is 1. The van der Waals surface area contributed by atoms with E-state index in [1.54, 1.807) is 0 Å². The van der Waals surface area contributed by atoms with E-state index in [4.69, 9.17) is 14.2 Å². The zero-order chi connectivity index (χ0) is 9.31. The van der Waals surface area contributed by atoms with Gasteiger partial charge in [-0.15, -0.1) is 0 Å². The van der Waals surface area contributed by atoms with Gasteiger partial charge in [0.2, 0.25) is 0 Å². The Morgan fingerprint density at radius 2 is 2.08 bits per heavy atom. The van der Waals surface area contributed by atoms with Crippen LogP contribution in [-0.4, -0.2) is 39.0 Å². The van der Waals surface area contributed by atoms with Gasteiger partial charge in [-0.3, -0.25) is 4.79 Å². The van der Waals surface area contributed by atoms with E-state index in [9.17, 15) is 4.79 Å². The first kappa shape index (κ1) is 8.97. The number of carbonyl (C=O) groups excluding carboxylic acids is 1. The van der Waals surface area contributed by atoms with Crippen molar-refractivity contribution in [3.63, 3.8) is 0 Å². The Kier molecular flexibility index (Phi) is 2.26. The van der Waals surface area contributed by atoms with Gasteiger partial charge in [0.15, 0.2) is 0 Å². The third kappa shape index (κ3) is 1.44. The lowest BCUT2D eigenvalue weighted by molar-refractivity contribution is -0.160. The molecule has 4 heteroatoms. The Bertz CT molecular complexity index is 204. The molecule has 4 nitrogen and oxygen atoms in total. The topological polar surface area (TPSA) is 48.1 Å². The summed E-state index contributed by atoms with van der Waals surface area (Å²) in [6.07, 6.45) is 1.53. The first-order valence-corrected chi connectivity index (χ1v) is 4.57. The SMILES string of the molecule is COC(=O)C1(C2CO2)CCOCC1. The molecule has 0 N–H and O–H groups in total. The second kappa shape index (κ2) is 3.27. The molecule has 0 aliphatic carbocycles. The van der Waals surface area contributed by atoms with E-state index < -0.39 is 5.41 Å². The molecule has 2 heterocycles. The Morgan fingerprint density at radius 3 is 2.54 bits per heavy atom. The Hall–Kier alpha value is -0.610. The van der Waals surface area contributed by atoms with Crippen molar-refractivity contribution >= 4 is 5.97 Å². The predicted octanol–water partition coefficient (Wildman–Crippen LogP) is 0.355. The minimum Gasteiger partial charge on any atom is -0.469 e. The van der Waals surface area contributed by atoms with Crippen molar-refractivity contribution in [1.29, 1.82) is 0 Å². The number of esters is 1. The first-order chi connectivity index (χ1) is 6.29. The van der Waals surface area contributed by atoms with E-state index in [0.717, 1.165) is 12.8 Å². The quantitative estimate of drug-likeness (QED) is 0.461. The molecule has 2 saturated heterocycles. The maximum absolute atomic E-state index is 11.6. The molecule has 2 aliphatic rings. The van der Waals surface area contributed by atoms with Crippen LogP contribution in [0, 0.1) is 5.41 Å². The van der Waals surface area contributed by atoms with E-state index in [1.807, 2.05) is 0 Å². The van der Waals surface area contributed by atoms with E-state index in [0.29, 0.717) is 19.8 Å². The molecule has 0 bridgehead atoms. The largest absolute Gasteiger partial charge is 0.469 e. The van der Waals surface area contributed by atoms with Crippen LogP contribution >= 0.6 is 0 Å². The lowest BCUT2D eigenvalue weighted by Crippen LogP contribution is -2.42. The van der Waals surface area contributed by atoms with Crippen molar-refractivity contribution in [3.05, 3.63) is 0 Å². The van der Waals surface area contributed by atoms with Gasteiger partial charge < -0.3 is 14.2 Å². The first-order valence-electron chi connectivity index (χ1n) is 4.57. The summed E-state index contributed by atoms with van der Waals surface area (Å²) in [5.74, 6) is -0.140. The minimum atomic E-state index is -0.410. The maximum atomic E-state index is 11.6. The summed E-state index contributed by atoms with van der Waals surface area (Å²) in [6, 6.07) is 0. The van der Waals surface area contributed by atoms with E-state index >= 15 is 0 Å². The molecule has 0 aromatic rings. The molecule has 13 heavy (non-hydrogen) atoms. The van der Waals surface area contributed by atoms with Crippen molar-refractivity contribution in [2.24, 2.45) is 5.41 Å². The fourth-order valence-electron chi connectivity index (χ4n) is 1.96. The molecule has 0 saturated carbocycles. The lowest BCUT2D eigenvalue weighted by atomic mass is 9.77. The van der Waals surface area contributed by atoms with Crippen LogP contribution in [0.2, 0.25) is 0 Å². The van der Waals surface area contributed by atoms with Gasteiger partial charge in [-0.1, -0.05) is 0 Å². The highest BCUT2D eigenvalue weighted by atomic mass is 16.6. The lowest BCUT2D eigenvalue weighted by Gasteiger charge is -2.32. The molecular formula is C9H14O4. The zero-order valence-corrected chi connectivity index (χ0v) is 7.75. The summed E-state index contributed by atoms with van der Waals surface area (Å²) in [7, 11) is 1.43. The van der Waals surface area contributed by atoms with Crippen molar-refractivity contribution in [3.8, 4) is 0 Å². The van der Waals surface area contributed by atoms with E-state index in [-0.39, 0.29) is 12.1 Å². The molecule has 2 rings (SSSR count). The average Bonchev–Trinajstić information content (AvgIpc) is 3.01. The molecule has 2 fully saturated rings. The van der Waals surface area contributed by atoms with Gasteiger partial charge >= 0.3 is 5.97 Å². The summed E-state index contributed by atoms with van der Waals surface area (Å²) in [6.45, 7) is 1.96. The van der Waals surface area contributed by atoms with Crippen LogP contribution in [0.15, 0.2) is 0 Å². The summed E-state index contributed by atoms with van der Waals surface area (Å²) in [5.41, 5.74) is -0.410. The molecule has 2 aliphatic heterocycles. The number of carbonyl (C=O) groups is 1. The summed E-state index contributed by atoms with van der Waals surface area (Å²) >= 11 is 0. The third-order valence-electron chi connectivity index (χ3n) is 2.93. The fourth-order valence-corrected chi connectivity index (χ4v) is 1.96. The molecule has 0 radical (unpaired) electrons. The van der Waals surface area contributed by atoms with Crippen LogP contribution in [0.25, 0.3) is 0 Å². The van der Waals surface area contributed by atoms with Gasteiger partial charge in [-0.25, -0.2) is 0 Å². The van der Waals surface area contributed by atoms with Gasteiger partial charge in [0, 0.05) is 13.2 Å². The number of epoxide rings is 1. The Labute approximate surface area is 77.1 Å². The molecule has 1 unspecified atom stereocenters. The Balaban J connectivity index is 2.13. The van der Waals surface area contributed by atoms with Crippen LogP contribution in [0.1, 0.15) is 12.8 Å². The second-order valence-corrected chi connectivity index (χ2v) is 3.58. The fraction of sp³-hybridized carbons (Fsp3) is 0.889. The van der Waals surface area contributed by atoms with Crippen LogP contribution in [-0.2, 0) is 19.0 Å². The molecule has 1 atom stereocenters. The smallest absolute Gasteiger partial charge is 0.314 e. The second-order valence-electron chi connectivity index (χ2n) is 3.58. The Morgan fingerprint density at radius 1 is 1.46 bits per heavy atom. The van der Waals surface area contributed by atoms with Crippen LogP contribution in [0.5, 0.6) is 0 Å². The molecule has 0 aromatic heterocycles. The third-order valence-corrected chi connectivity index (χ3v) is 2.93. The molecule has 0 amide bonds. The number of rotatable bonds is 2. The van der Waals surface area contributed by atoms with Crippen molar-refractivity contribution < 1.29 is 19.0 Å². The molecule has 0 aromatic carbocycles. The molecule has 0 spiro atoms. The summed E-state index contributed by atoms with van der Waals surface area (Å²) in [4.78, 5) is 11.6. The highest BCUT2D eigenvalue weighted by molar-refractivity contribution is 5.78. The number of ether oxygens (including phenoxy) is 3. The zero-order valence-electron chi connectivity index (χ0n) is 7.75. The van der Waals surface area contributed by atoms with Crippen LogP contribution < -0.4 is 0 Å².